The Labute approximate surface area is 172 Å². The molecule has 5 heteroatoms. The number of carbonyl (C=O) groups is 1. The van der Waals surface area contributed by atoms with Gasteiger partial charge >= 0.3 is 0 Å². The average Bonchev–Trinajstić information content (AvgIpc) is 3.38. The van der Waals surface area contributed by atoms with Crippen LogP contribution in [0.2, 0.25) is 0 Å². The van der Waals surface area contributed by atoms with Crippen molar-refractivity contribution in [3.63, 3.8) is 0 Å². The summed E-state index contributed by atoms with van der Waals surface area (Å²) in [7, 11) is 0. The summed E-state index contributed by atoms with van der Waals surface area (Å²) in [6.45, 7) is 12.9. The van der Waals surface area contributed by atoms with E-state index in [2.05, 4.69) is 60.9 Å². The van der Waals surface area contributed by atoms with Crippen LogP contribution in [-0.2, 0) is 0 Å². The lowest BCUT2D eigenvalue weighted by molar-refractivity contribution is 0.0797. The van der Waals surface area contributed by atoms with Gasteiger partial charge in [-0.25, -0.2) is 0 Å². The minimum atomic E-state index is 0.214. The molecule has 0 bridgehead atoms. The third-order valence-corrected chi connectivity index (χ3v) is 7.34. The van der Waals surface area contributed by atoms with Crippen LogP contribution >= 0.6 is 11.3 Å². The molecule has 0 aliphatic carbocycles. The van der Waals surface area contributed by atoms with Crippen LogP contribution in [0, 0.1) is 6.92 Å². The fraction of sp³-hybridized carbons (Fsp3) is 0.522. The first-order valence-corrected chi connectivity index (χ1v) is 11.3. The van der Waals surface area contributed by atoms with Crippen molar-refractivity contribution >= 4 is 22.9 Å². The lowest BCUT2D eigenvalue weighted by atomic mass is 10.1. The Hall–Kier alpha value is -1.85. The molecule has 2 fully saturated rings. The standard InChI is InChI=1S/C23H31N3OS/c1-17(2)24-12-14-25(15-13-24)20-8-6-19(7-9-20)21-16-18(3)22(28-21)23(27)26-10-4-5-11-26/h6-9,16-17H,4-5,10-15H2,1-3H3. The van der Waals surface area contributed by atoms with Gasteiger partial charge in [0, 0.05) is 55.9 Å². The number of likely N-dealkylation sites (tertiary alicyclic amines) is 1. The minimum absolute atomic E-state index is 0.214. The van der Waals surface area contributed by atoms with Crippen LogP contribution in [0.5, 0.6) is 0 Å². The topological polar surface area (TPSA) is 26.8 Å². The van der Waals surface area contributed by atoms with E-state index >= 15 is 0 Å². The molecule has 28 heavy (non-hydrogen) atoms. The van der Waals surface area contributed by atoms with Crippen LogP contribution in [0.15, 0.2) is 30.3 Å². The summed E-state index contributed by atoms with van der Waals surface area (Å²) in [4.78, 5) is 21.9. The Morgan fingerprint density at radius 1 is 0.964 bits per heavy atom. The minimum Gasteiger partial charge on any atom is -0.369 e. The van der Waals surface area contributed by atoms with Gasteiger partial charge in [0.2, 0.25) is 0 Å². The maximum absolute atomic E-state index is 12.8. The number of anilines is 1. The van der Waals surface area contributed by atoms with Crippen LogP contribution in [0.3, 0.4) is 0 Å². The normalized spacial score (nSPS) is 18.3. The largest absolute Gasteiger partial charge is 0.369 e. The van der Waals surface area contributed by atoms with Crippen molar-refractivity contribution in [1.29, 1.82) is 0 Å². The van der Waals surface area contributed by atoms with Gasteiger partial charge in [0.15, 0.2) is 0 Å². The lowest BCUT2D eigenvalue weighted by Crippen LogP contribution is -2.48. The van der Waals surface area contributed by atoms with Gasteiger partial charge in [0.1, 0.15) is 0 Å². The molecule has 2 aromatic rings. The predicted octanol–water partition coefficient (Wildman–Crippen LogP) is 4.49. The van der Waals surface area contributed by atoms with Crippen LogP contribution in [0.25, 0.3) is 10.4 Å². The summed E-state index contributed by atoms with van der Waals surface area (Å²) in [6.07, 6.45) is 2.27. The summed E-state index contributed by atoms with van der Waals surface area (Å²) in [5.74, 6) is 0.214. The highest BCUT2D eigenvalue weighted by Crippen LogP contribution is 2.33. The van der Waals surface area contributed by atoms with Gasteiger partial charge < -0.3 is 9.80 Å². The summed E-state index contributed by atoms with van der Waals surface area (Å²) < 4.78 is 0. The molecule has 150 valence electrons. The van der Waals surface area contributed by atoms with Crippen LogP contribution in [0.4, 0.5) is 5.69 Å². The number of hydrogen-bond acceptors (Lipinski definition) is 4. The molecule has 2 saturated heterocycles. The number of aryl methyl sites for hydroxylation is 1. The zero-order valence-corrected chi connectivity index (χ0v) is 18.1. The van der Waals surface area contributed by atoms with Crippen molar-refractivity contribution in [2.45, 2.75) is 39.7 Å². The van der Waals surface area contributed by atoms with Crippen LogP contribution in [0.1, 0.15) is 41.9 Å². The van der Waals surface area contributed by atoms with E-state index < -0.39 is 0 Å². The van der Waals surface area contributed by atoms with Crippen molar-refractivity contribution < 1.29 is 4.79 Å². The smallest absolute Gasteiger partial charge is 0.264 e. The number of nitrogens with zero attached hydrogens (tertiary/aromatic N) is 3. The van der Waals surface area contributed by atoms with Gasteiger partial charge in [-0.15, -0.1) is 11.3 Å². The van der Waals surface area contributed by atoms with E-state index in [1.54, 1.807) is 11.3 Å². The van der Waals surface area contributed by atoms with Crippen LogP contribution < -0.4 is 4.90 Å². The number of thiophene rings is 1. The Balaban J connectivity index is 1.46. The molecule has 4 nitrogen and oxygen atoms in total. The number of carbonyl (C=O) groups excluding carboxylic acids is 1. The molecule has 0 radical (unpaired) electrons. The summed E-state index contributed by atoms with van der Waals surface area (Å²) in [5, 5.41) is 0. The first-order valence-electron chi connectivity index (χ1n) is 10.5. The van der Waals surface area contributed by atoms with Gasteiger partial charge in [-0.1, -0.05) is 12.1 Å². The summed E-state index contributed by atoms with van der Waals surface area (Å²) >= 11 is 1.64. The molecule has 2 aliphatic rings. The Morgan fingerprint density at radius 3 is 2.21 bits per heavy atom. The monoisotopic (exact) mass is 397 g/mol. The fourth-order valence-electron chi connectivity index (χ4n) is 4.23. The maximum Gasteiger partial charge on any atom is 0.264 e. The molecule has 0 spiro atoms. The number of hydrogen-bond donors (Lipinski definition) is 0. The second kappa shape index (κ2) is 8.26. The fourth-order valence-corrected chi connectivity index (χ4v) is 5.38. The first kappa shape index (κ1) is 19.5. The summed E-state index contributed by atoms with van der Waals surface area (Å²) in [6, 6.07) is 11.7. The van der Waals surface area contributed by atoms with Gasteiger partial charge in [0.05, 0.1) is 4.88 Å². The number of piperazine rings is 1. The SMILES string of the molecule is Cc1cc(-c2ccc(N3CCN(C(C)C)CC3)cc2)sc1C(=O)N1CCCC1. The second-order valence-corrected chi connectivity index (χ2v) is 9.34. The molecule has 3 heterocycles. The third-order valence-electron chi connectivity index (χ3n) is 6.07. The van der Waals surface area contributed by atoms with E-state index in [-0.39, 0.29) is 5.91 Å². The van der Waals surface area contributed by atoms with Crippen molar-refractivity contribution in [3.8, 4) is 10.4 Å². The van der Waals surface area contributed by atoms with Crippen molar-refractivity contribution in [2.75, 3.05) is 44.2 Å². The van der Waals surface area contributed by atoms with E-state index in [1.165, 1.54) is 16.1 Å². The van der Waals surface area contributed by atoms with Gasteiger partial charge in [0.25, 0.3) is 5.91 Å². The van der Waals surface area contributed by atoms with Crippen LogP contribution in [-0.4, -0.2) is 61.0 Å². The molecule has 0 saturated carbocycles. The highest BCUT2D eigenvalue weighted by atomic mass is 32.1. The Kier molecular flexibility index (Phi) is 5.74. The van der Waals surface area contributed by atoms with E-state index in [1.807, 2.05) is 4.90 Å². The zero-order valence-electron chi connectivity index (χ0n) is 17.3. The van der Waals surface area contributed by atoms with Crippen molar-refractivity contribution in [1.82, 2.24) is 9.80 Å². The molecule has 0 atom stereocenters. The van der Waals surface area contributed by atoms with E-state index in [0.29, 0.717) is 6.04 Å². The first-order chi connectivity index (χ1) is 13.5. The average molecular weight is 398 g/mol. The molecule has 2 aliphatic heterocycles. The third kappa shape index (κ3) is 3.96. The Morgan fingerprint density at radius 2 is 1.61 bits per heavy atom. The van der Waals surface area contributed by atoms with Gasteiger partial charge in [-0.3, -0.25) is 9.69 Å². The highest BCUT2D eigenvalue weighted by molar-refractivity contribution is 7.17. The quantitative estimate of drug-likeness (QED) is 0.760. The molecular formula is C23H31N3OS. The molecule has 1 amide bonds. The Bertz CT molecular complexity index is 813. The summed E-state index contributed by atoms with van der Waals surface area (Å²) in [5.41, 5.74) is 3.61. The molecule has 0 N–H and O–H groups in total. The highest BCUT2D eigenvalue weighted by Gasteiger charge is 2.23. The van der Waals surface area contributed by atoms with Crippen molar-refractivity contribution in [3.05, 3.63) is 40.8 Å². The molecule has 4 rings (SSSR count). The predicted molar refractivity (Wildman–Crippen MR) is 119 cm³/mol. The van der Waals surface area contributed by atoms with E-state index in [4.69, 9.17) is 0 Å². The number of rotatable bonds is 4. The molecule has 0 unspecified atom stereocenters. The lowest BCUT2D eigenvalue weighted by Gasteiger charge is -2.38. The number of benzene rings is 1. The van der Waals surface area contributed by atoms with E-state index in [0.717, 1.165) is 62.6 Å². The maximum atomic E-state index is 12.8. The van der Waals surface area contributed by atoms with Crippen molar-refractivity contribution in [2.24, 2.45) is 0 Å². The van der Waals surface area contributed by atoms with Gasteiger partial charge in [-0.2, -0.15) is 0 Å². The van der Waals surface area contributed by atoms with Gasteiger partial charge in [-0.05, 0) is 62.9 Å². The molecule has 1 aromatic heterocycles. The van der Waals surface area contributed by atoms with E-state index in [9.17, 15) is 4.79 Å². The second-order valence-electron chi connectivity index (χ2n) is 8.29. The number of amides is 1. The molecular weight excluding hydrogens is 366 g/mol. The molecule has 1 aromatic carbocycles. The zero-order chi connectivity index (χ0) is 19.7.